The number of rotatable bonds is 6. The van der Waals surface area contributed by atoms with Gasteiger partial charge in [0.25, 0.3) is 0 Å². The summed E-state index contributed by atoms with van der Waals surface area (Å²) in [4.78, 5) is 11.4. The molecule has 0 aliphatic heterocycles. The van der Waals surface area contributed by atoms with Gasteiger partial charge in [0.1, 0.15) is 29.7 Å². The van der Waals surface area contributed by atoms with E-state index in [9.17, 15) is 13.6 Å². The monoisotopic (exact) mass is 354 g/mol. The third-order valence-electron chi connectivity index (χ3n) is 3.44. The summed E-state index contributed by atoms with van der Waals surface area (Å²) >= 11 is 6.06. The van der Waals surface area contributed by atoms with E-state index in [4.69, 9.17) is 21.1 Å². The maximum Gasteiger partial charge on any atom is 0.310 e. The second-order valence-electron chi connectivity index (χ2n) is 5.06. The average Bonchev–Trinajstić information content (AvgIpc) is 2.56. The molecular formula is C18H17ClF2O3. The molecule has 0 saturated heterocycles. The van der Waals surface area contributed by atoms with Crippen LogP contribution in [0, 0.1) is 11.6 Å². The van der Waals surface area contributed by atoms with Gasteiger partial charge in [-0.3, -0.25) is 4.79 Å². The van der Waals surface area contributed by atoms with Crippen LogP contribution in [0.2, 0.25) is 5.02 Å². The van der Waals surface area contributed by atoms with Gasteiger partial charge in [-0.1, -0.05) is 31.5 Å². The molecule has 0 saturated carbocycles. The topological polar surface area (TPSA) is 35.5 Å². The Balaban J connectivity index is 2.23. The first-order valence-electron chi connectivity index (χ1n) is 7.55. The highest BCUT2D eigenvalue weighted by Gasteiger charge is 2.15. The van der Waals surface area contributed by atoms with Crippen LogP contribution in [0.3, 0.4) is 0 Å². The van der Waals surface area contributed by atoms with Crippen molar-refractivity contribution in [1.29, 1.82) is 0 Å². The highest BCUT2D eigenvalue weighted by atomic mass is 35.5. The zero-order chi connectivity index (χ0) is 17.7. The van der Waals surface area contributed by atoms with Gasteiger partial charge in [0.15, 0.2) is 0 Å². The summed E-state index contributed by atoms with van der Waals surface area (Å²) in [7, 11) is 0. The minimum absolute atomic E-state index is 0.0651. The molecule has 0 fully saturated rings. The molecule has 2 aromatic carbocycles. The van der Waals surface area contributed by atoms with Gasteiger partial charge < -0.3 is 9.47 Å². The highest BCUT2D eigenvalue weighted by molar-refractivity contribution is 6.32. The Kier molecular flexibility index (Phi) is 6.15. The van der Waals surface area contributed by atoms with Crippen molar-refractivity contribution in [3.05, 3.63) is 58.1 Å². The van der Waals surface area contributed by atoms with Gasteiger partial charge in [0.2, 0.25) is 0 Å². The molecule has 2 rings (SSSR count). The summed E-state index contributed by atoms with van der Waals surface area (Å²) in [6.45, 7) is 3.20. The number of hydrogen-bond acceptors (Lipinski definition) is 3. The predicted molar refractivity (Wildman–Crippen MR) is 87.4 cm³/mol. The molecule has 128 valence electrons. The van der Waals surface area contributed by atoms with Gasteiger partial charge in [0, 0.05) is 12.5 Å². The lowest BCUT2D eigenvalue weighted by molar-refractivity contribution is -0.134. The zero-order valence-corrected chi connectivity index (χ0v) is 14.1. The molecule has 0 unspecified atom stereocenters. The van der Waals surface area contributed by atoms with Crippen LogP contribution in [0.25, 0.3) is 0 Å². The van der Waals surface area contributed by atoms with E-state index < -0.39 is 17.6 Å². The largest absolute Gasteiger partial charge is 0.487 e. The van der Waals surface area contributed by atoms with Crippen molar-refractivity contribution in [2.24, 2.45) is 0 Å². The van der Waals surface area contributed by atoms with Crippen LogP contribution in [-0.2, 0) is 17.8 Å². The first-order valence-corrected chi connectivity index (χ1v) is 7.92. The Morgan fingerprint density at radius 3 is 2.54 bits per heavy atom. The van der Waals surface area contributed by atoms with Gasteiger partial charge in [-0.15, -0.1) is 0 Å². The van der Waals surface area contributed by atoms with E-state index in [1.54, 1.807) is 6.92 Å². The fourth-order valence-electron chi connectivity index (χ4n) is 2.07. The van der Waals surface area contributed by atoms with E-state index in [0.29, 0.717) is 12.0 Å². The Labute approximate surface area is 144 Å². The molecule has 0 aromatic heterocycles. The average molecular weight is 355 g/mol. The number of benzene rings is 2. The summed E-state index contributed by atoms with van der Waals surface area (Å²) in [5.74, 6) is -1.34. The lowest BCUT2D eigenvalue weighted by Gasteiger charge is -2.13. The molecule has 0 atom stereocenters. The molecule has 0 aliphatic carbocycles. The molecular weight excluding hydrogens is 338 g/mol. The van der Waals surface area contributed by atoms with Gasteiger partial charge in [-0.2, -0.15) is 0 Å². The molecule has 0 spiro atoms. The van der Waals surface area contributed by atoms with Crippen molar-refractivity contribution in [2.75, 3.05) is 0 Å². The van der Waals surface area contributed by atoms with Gasteiger partial charge in [-0.05, 0) is 30.2 Å². The summed E-state index contributed by atoms with van der Waals surface area (Å²) in [6.07, 6.45) is 0.655. The third kappa shape index (κ3) is 4.23. The zero-order valence-electron chi connectivity index (χ0n) is 13.4. The fourth-order valence-corrected chi connectivity index (χ4v) is 2.31. The number of ether oxygens (including phenoxy) is 2. The first-order chi connectivity index (χ1) is 11.5. The van der Waals surface area contributed by atoms with Crippen LogP contribution in [0.5, 0.6) is 11.5 Å². The molecule has 6 heteroatoms. The predicted octanol–water partition coefficient (Wildman–Crippen LogP) is 5.08. The second-order valence-corrected chi connectivity index (χ2v) is 5.47. The van der Waals surface area contributed by atoms with Crippen molar-refractivity contribution >= 4 is 17.6 Å². The molecule has 0 aliphatic rings. The van der Waals surface area contributed by atoms with E-state index in [1.807, 2.05) is 6.92 Å². The lowest BCUT2D eigenvalue weighted by Crippen LogP contribution is -2.10. The number of carbonyl (C=O) groups excluding carboxylic acids is 1. The Morgan fingerprint density at radius 2 is 1.88 bits per heavy atom. The van der Waals surface area contributed by atoms with Crippen LogP contribution < -0.4 is 9.47 Å². The number of aryl methyl sites for hydroxylation is 1. The highest BCUT2D eigenvalue weighted by Crippen LogP contribution is 2.30. The van der Waals surface area contributed by atoms with Crippen LogP contribution >= 0.6 is 11.6 Å². The standard InChI is InChI=1S/C18H17ClF2O3/c1-3-11-8-13(19)17(9-15(11)21)23-10-12-14(20)6-5-7-16(12)24-18(22)4-2/h5-9H,3-4,10H2,1-2H3. The maximum atomic E-state index is 14.0. The molecule has 0 N–H and O–H groups in total. The van der Waals surface area contributed by atoms with Crippen molar-refractivity contribution in [3.8, 4) is 11.5 Å². The Hall–Kier alpha value is -2.14. The summed E-state index contributed by atoms with van der Waals surface area (Å²) in [5, 5.41) is 0.233. The minimum atomic E-state index is -0.585. The van der Waals surface area contributed by atoms with Gasteiger partial charge in [0.05, 0.1) is 10.6 Å². The Morgan fingerprint density at radius 1 is 1.12 bits per heavy atom. The number of halogens is 3. The number of hydrogen-bond donors (Lipinski definition) is 0. The number of carbonyl (C=O) groups is 1. The van der Waals surface area contributed by atoms with E-state index in [2.05, 4.69) is 0 Å². The quantitative estimate of drug-likeness (QED) is 0.536. The van der Waals surface area contributed by atoms with Gasteiger partial charge >= 0.3 is 5.97 Å². The van der Waals surface area contributed by atoms with Crippen LogP contribution in [-0.4, -0.2) is 5.97 Å². The molecule has 0 amide bonds. The third-order valence-corrected chi connectivity index (χ3v) is 3.74. The van der Waals surface area contributed by atoms with Crippen molar-refractivity contribution < 1.29 is 23.0 Å². The normalized spacial score (nSPS) is 10.5. The van der Waals surface area contributed by atoms with Crippen molar-refractivity contribution in [1.82, 2.24) is 0 Å². The lowest BCUT2D eigenvalue weighted by atomic mass is 10.1. The molecule has 3 nitrogen and oxygen atoms in total. The van der Waals surface area contributed by atoms with Crippen LogP contribution in [0.1, 0.15) is 31.4 Å². The minimum Gasteiger partial charge on any atom is -0.487 e. The molecule has 2 aromatic rings. The number of esters is 1. The van der Waals surface area contributed by atoms with Gasteiger partial charge in [-0.25, -0.2) is 8.78 Å². The van der Waals surface area contributed by atoms with Crippen molar-refractivity contribution in [3.63, 3.8) is 0 Å². The second kappa shape index (κ2) is 8.11. The molecule has 0 radical (unpaired) electrons. The van der Waals surface area contributed by atoms with E-state index in [1.165, 1.54) is 30.3 Å². The van der Waals surface area contributed by atoms with E-state index in [-0.39, 0.29) is 35.1 Å². The molecule has 0 bridgehead atoms. The SMILES string of the molecule is CCC(=O)Oc1cccc(F)c1COc1cc(F)c(CC)cc1Cl. The fraction of sp³-hybridized carbons (Fsp3) is 0.278. The maximum absolute atomic E-state index is 14.0. The molecule has 0 heterocycles. The molecule has 24 heavy (non-hydrogen) atoms. The summed E-state index contributed by atoms with van der Waals surface area (Å²) in [5.41, 5.74) is 0.533. The Bertz CT molecular complexity index is 747. The van der Waals surface area contributed by atoms with E-state index >= 15 is 0 Å². The van der Waals surface area contributed by atoms with E-state index in [0.717, 1.165) is 0 Å². The summed E-state index contributed by atoms with van der Waals surface area (Å²) in [6, 6.07) is 6.77. The summed E-state index contributed by atoms with van der Waals surface area (Å²) < 4.78 is 38.4. The van der Waals surface area contributed by atoms with Crippen molar-refractivity contribution in [2.45, 2.75) is 33.3 Å². The van der Waals surface area contributed by atoms with Crippen LogP contribution in [0.4, 0.5) is 8.78 Å². The first kappa shape index (κ1) is 18.2. The van der Waals surface area contributed by atoms with Crippen LogP contribution in [0.15, 0.2) is 30.3 Å². The smallest absolute Gasteiger partial charge is 0.310 e.